The van der Waals surface area contributed by atoms with Crippen LogP contribution in [0.1, 0.15) is 36.6 Å². The number of hydrogen-bond acceptors (Lipinski definition) is 5. The van der Waals surface area contributed by atoms with E-state index in [1.54, 1.807) is 97.1 Å². The lowest BCUT2D eigenvalue weighted by molar-refractivity contribution is 0.0725. The van der Waals surface area contributed by atoms with Gasteiger partial charge < -0.3 is 9.47 Å². The summed E-state index contributed by atoms with van der Waals surface area (Å²) in [6.07, 6.45) is 0. The minimum Gasteiger partial charge on any atom is -0.423 e. The van der Waals surface area contributed by atoms with E-state index in [0.717, 1.165) is 0 Å². The van der Waals surface area contributed by atoms with E-state index < -0.39 is 11.9 Å². The summed E-state index contributed by atoms with van der Waals surface area (Å²) in [7, 11) is 0. The molecule has 0 atom stereocenters. The molecule has 0 radical (unpaired) electrons. The zero-order valence-electron chi connectivity index (χ0n) is 16.9. The minimum atomic E-state index is -0.467. The molecule has 0 bridgehead atoms. The van der Waals surface area contributed by atoms with Gasteiger partial charge in [-0.1, -0.05) is 36.4 Å². The summed E-state index contributed by atoms with van der Waals surface area (Å²) < 4.78 is 10.7. The monoisotopic (exact) mass is 422 g/mol. The van der Waals surface area contributed by atoms with Crippen LogP contribution in [0.4, 0.5) is 0 Å². The highest BCUT2D eigenvalue weighted by Crippen LogP contribution is 2.19. The molecule has 4 rings (SSSR count). The third-order valence-corrected chi connectivity index (χ3v) is 4.67. The number of ether oxygens (including phenoxy) is 2. The molecule has 0 unspecified atom stereocenters. The standard InChI is InChI=1S/C27H18O5/c28-25(19-11-15-23(16-12-19)31-26(29)21-7-3-1-4-8-21)20-13-17-24(18-14-20)32-27(30)22-9-5-2-6-10-22/h1-18H. The highest BCUT2D eigenvalue weighted by atomic mass is 16.5. The average Bonchev–Trinajstić information content (AvgIpc) is 2.85. The molecule has 4 aromatic carbocycles. The van der Waals surface area contributed by atoms with Crippen LogP contribution in [0.15, 0.2) is 109 Å². The molecule has 0 aliphatic heterocycles. The smallest absolute Gasteiger partial charge is 0.343 e. The second-order valence-corrected chi connectivity index (χ2v) is 6.89. The van der Waals surface area contributed by atoms with Crippen LogP contribution in [0.2, 0.25) is 0 Å². The predicted molar refractivity (Wildman–Crippen MR) is 119 cm³/mol. The summed E-state index contributed by atoms with van der Waals surface area (Å²) in [5, 5.41) is 0. The molecule has 0 saturated heterocycles. The maximum Gasteiger partial charge on any atom is 0.343 e. The second-order valence-electron chi connectivity index (χ2n) is 6.89. The van der Waals surface area contributed by atoms with Crippen molar-refractivity contribution in [2.75, 3.05) is 0 Å². The van der Waals surface area contributed by atoms with Crippen LogP contribution >= 0.6 is 0 Å². The molecule has 0 aliphatic carbocycles. The van der Waals surface area contributed by atoms with Gasteiger partial charge in [0, 0.05) is 11.1 Å². The fourth-order valence-corrected chi connectivity index (χ4v) is 3.00. The van der Waals surface area contributed by atoms with Crippen molar-refractivity contribution in [3.63, 3.8) is 0 Å². The first-order valence-electron chi connectivity index (χ1n) is 9.89. The molecule has 0 fully saturated rings. The van der Waals surface area contributed by atoms with Crippen molar-refractivity contribution in [3.8, 4) is 11.5 Å². The molecule has 156 valence electrons. The summed E-state index contributed by atoms with van der Waals surface area (Å²) in [6.45, 7) is 0. The molecule has 4 aromatic rings. The van der Waals surface area contributed by atoms with Crippen molar-refractivity contribution in [1.82, 2.24) is 0 Å². The lowest BCUT2D eigenvalue weighted by atomic mass is 10.0. The van der Waals surface area contributed by atoms with E-state index in [9.17, 15) is 14.4 Å². The van der Waals surface area contributed by atoms with Crippen LogP contribution in [-0.2, 0) is 0 Å². The normalized spacial score (nSPS) is 10.2. The molecule has 0 aromatic heterocycles. The number of carbonyl (C=O) groups excluding carboxylic acids is 3. The van der Waals surface area contributed by atoms with Gasteiger partial charge in [0.25, 0.3) is 0 Å². The molecule has 0 amide bonds. The van der Waals surface area contributed by atoms with E-state index in [0.29, 0.717) is 33.8 Å². The molecule has 0 spiro atoms. The first kappa shape index (κ1) is 20.8. The SMILES string of the molecule is O=C(Oc1ccc(C(=O)c2ccc(OC(=O)c3ccccc3)cc2)cc1)c1ccccc1. The van der Waals surface area contributed by atoms with E-state index in [2.05, 4.69) is 0 Å². The van der Waals surface area contributed by atoms with Gasteiger partial charge in [-0.25, -0.2) is 9.59 Å². The highest BCUT2D eigenvalue weighted by Gasteiger charge is 2.13. The van der Waals surface area contributed by atoms with Crippen LogP contribution in [-0.4, -0.2) is 17.7 Å². The number of benzene rings is 4. The Morgan fingerprint density at radius 1 is 0.406 bits per heavy atom. The third kappa shape index (κ3) is 4.96. The Morgan fingerprint density at radius 3 is 1.09 bits per heavy atom. The summed E-state index contributed by atoms with van der Waals surface area (Å²) >= 11 is 0. The topological polar surface area (TPSA) is 69.7 Å². The fraction of sp³-hybridized carbons (Fsp3) is 0. The van der Waals surface area contributed by atoms with E-state index >= 15 is 0 Å². The minimum absolute atomic E-state index is 0.202. The van der Waals surface area contributed by atoms with Crippen molar-refractivity contribution in [1.29, 1.82) is 0 Å². The Hall–Kier alpha value is -4.51. The largest absolute Gasteiger partial charge is 0.423 e. The lowest BCUT2D eigenvalue weighted by Gasteiger charge is -2.07. The molecule has 0 N–H and O–H groups in total. The van der Waals surface area contributed by atoms with E-state index in [1.807, 2.05) is 12.1 Å². The zero-order valence-corrected chi connectivity index (χ0v) is 16.9. The predicted octanol–water partition coefficient (Wildman–Crippen LogP) is 5.36. The van der Waals surface area contributed by atoms with Crippen LogP contribution in [0.5, 0.6) is 11.5 Å². The van der Waals surface area contributed by atoms with Crippen LogP contribution < -0.4 is 9.47 Å². The number of ketones is 1. The summed E-state index contributed by atoms with van der Waals surface area (Å²) in [5.74, 6) is -0.445. The Labute approximate surface area is 184 Å². The van der Waals surface area contributed by atoms with Crippen molar-refractivity contribution >= 4 is 17.7 Å². The second kappa shape index (κ2) is 9.53. The van der Waals surface area contributed by atoms with Crippen molar-refractivity contribution in [2.45, 2.75) is 0 Å². The van der Waals surface area contributed by atoms with Crippen molar-refractivity contribution in [3.05, 3.63) is 131 Å². The van der Waals surface area contributed by atoms with Gasteiger partial charge in [0.2, 0.25) is 0 Å². The van der Waals surface area contributed by atoms with E-state index in [1.165, 1.54) is 0 Å². The Kier molecular flexibility index (Phi) is 6.18. The van der Waals surface area contributed by atoms with Crippen molar-refractivity contribution in [2.24, 2.45) is 0 Å². The summed E-state index contributed by atoms with van der Waals surface area (Å²) in [4.78, 5) is 37.0. The van der Waals surface area contributed by atoms with Gasteiger partial charge in [0.05, 0.1) is 11.1 Å². The number of carbonyl (C=O) groups is 3. The Morgan fingerprint density at radius 2 is 0.750 bits per heavy atom. The lowest BCUT2D eigenvalue weighted by Crippen LogP contribution is -2.09. The van der Waals surface area contributed by atoms with Gasteiger partial charge in [-0.3, -0.25) is 4.79 Å². The number of esters is 2. The quantitative estimate of drug-likeness (QED) is 0.238. The Balaban J connectivity index is 1.39. The van der Waals surface area contributed by atoms with Gasteiger partial charge in [-0.15, -0.1) is 0 Å². The molecular formula is C27H18O5. The molecule has 0 aliphatic rings. The van der Waals surface area contributed by atoms with E-state index in [4.69, 9.17) is 9.47 Å². The summed E-state index contributed by atoms with van der Waals surface area (Å²) in [5.41, 5.74) is 1.78. The fourth-order valence-electron chi connectivity index (χ4n) is 3.00. The number of rotatable bonds is 6. The summed E-state index contributed by atoms with van der Waals surface area (Å²) in [6, 6.07) is 30.0. The van der Waals surface area contributed by atoms with Crippen molar-refractivity contribution < 1.29 is 23.9 Å². The molecule has 5 heteroatoms. The molecule has 0 saturated carbocycles. The molecule has 5 nitrogen and oxygen atoms in total. The van der Waals surface area contributed by atoms with Crippen LogP contribution in [0.3, 0.4) is 0 Å². The van der Waals surface area contributed by atoms with Gasteiger partial charge >= 0.3 is 11.9 Å². The van der Waals surface area contributed by atoms with E-state index in [-0.39, 0.29) is 5.78 Å². The number of hydrogen-bond donors (Lipinski definition) is 0. The highest BCUT2D eigenvalue weighted by molar-refractivity contribution is 6.09. The van der Waals surface area contributed by atoms with Gasteiger partial charge in [-0.2, -0.15) is 0 Å². The molecular weight excluding hydrogens is 404 g/mol. The molecule has 0 heterocycles. The van der Waals surface area contributed by atoms with Gasteiger partial charge in [0.1, 0.15) is 11.5 Å². The third-order valence-electron chi connectivity index (χ3n) is 4.67. The Bertz CT molecular complexity index is 1130. The maximum atomic E-state index is 12.7. The van der Waals surface area contributed by atoms with Gasteiger partial charge in [0.15, 0.2) is 5.78 Å². The maximum absolute atomic E-state index is 12.7. The zero-order chi connectivity index (χ0) is 22.3. The first-order chi connectivity index (χ1) is 15.6. The molecule has 32 heavy (non-hydrogen) atoms. The van der Waals surface area contributed by atoms with Crippen LogP contribution in [0.25, 0.3) is 0 Å². The van der Waals surface area contributed by atoms with Gasteiger partial charge in [-0.05, 0) is 72.8 Å². The average molecular weight is 422 g/mol. The first-order valence-corrected chi connectivity index (χ1v) is 9.89. The van der Waals surface area contributed by atoms with Crippen LogP contribution in [0, 0.1) is 0 Å².